The Kier molecular flexibility index (Phi) is 8.13. The maximum atomic E-state index is 13.5. The molecular formula is C23H29F3N4O7S. The van der Waals surface area contributed by atoms with Crippen LogP contribution in [-0.4, -0.2) is 77.7 Å². The number of carbonyl (C=O) groups excluding carboxylic acids is 2. The summed E-state index contributed by atoms with van der Waals surface area (Å²) in [6.45, 7) is 7.25. The van der Waals surface area contributed by atoms with Crippen LogP contribution in [-0.2, 0) is 19.6 Å². The summed E-state index contributed by atoms with van der Waals surface area (Å²) in [6, 6.07) is 5.45. The Bertz CT molecular complexity index is 1300. The molecule has 0 saturated carbocycles. The van der Waals surface area contributed by atoms with Crippen LogP contribution < -0.4 is 9.64 Å². The van der Waals surface area contributed by atoms with Crippen LogP contribution in [0.1, 0.15) is 40.0 Å². The largest absolute Gasteiger partial charge is 0.522 e. The Labute approximate surface area is 217 Å². The Morgan fingerprint density at radius 3 is 2.18 bits per heavy atom. The topological polar surface area (TPSA) is 139 Å². The second-order valence-electron chi connectivity index (χ2n) is 9.93. The zero-order chi connectivity index (χ0) is 28.5. The van der Waals surface area contributed by atoms with Gasteiger partial charge in [0.1, 0.15) is 11.1 Å². The Morgan fingerprint density at radius 1 is 1.08 bits per heavy atom. The molecule has 2 aromatic heterocycles. The van der Waals surface area contributed by atoms with Crippen molar-refractivity contribution in [3.05, 3.63) is 24.4 Å². The van der Waals surface area contributed by atoms with Gasteiger partial charge in [-0.05, 0) is 52.2 Å². The maximum absolute atomic E-state index is 13.5. The highest BCUT2D eigenvalue weighted by atomic mass is 32.2. The van der Waals surface area contributed by atoms with E-state index in [0.29, 0.717) is 43.9 Å². The third kappa shape index (κ3) is 6.43. The third-order valence-corrected chi connectivity index (χ3v) is 6.80. The first-order valence-corrected chi connectivity index (χ1v) is 13.0. The number of hydrogen-bond donors (Lipinski definition) is 1. The van der Waals surface area contributed by atoms with Crippen molar-refractivity contribution >= 4 is 38.8 Å². The number of fused-ring (bicyclic) bond motifs is 1. The number of aromatic nitrogens is 2. The lowest BCUT2D eigenvalue weighted by Gasteiger charge is -2.38. The van der Waals surface area contributed by atoms with Gasteiger partial charge in [-0.25, -0.2) is 9.78 Å². The van der Waals surface area contributed by atoms with E-state index in [-0.39, 0.29) is 12.0 Å². The maximum Gasteiger partial charge on any atom is 0.522 e. The van der Waals surface area contributed by atoms with Gasteiger partial charge >= 0.3 is 21.7 Å². The Morgan fingerprint density at radius 2 is 1.66 bits per heavy atom. The van der Waals surface area contributed by atoms with Crippen molar-refractivity contribution in [1.29, 1.82) is 0 Å². The number of likely N-dealkylation sites (tertiary alicyclic amines) is 1. The van der Waals surface area contributed by atoms with Crippen molar-refractivity contribution in [1.82, 2.24) is 14.9 Å². The second kappa shape index (κ2) is 10.5. The molecule has 2 amide bonds. The highest BCUT2D eigenvalue weighted by Crippen LogP contribution is 2.44. The number of ether oxygens (including phenoxy) is 2. The SMILES string of the molecule is COc1ccc2nccc(N3CCC4(CCN(C(=O)OC(C)(C)C)CC4)C3=O)c2n1.O=S(=O)(O)C(F)(F)F. The molecule has 0 aromatic carbocycles. The number of methoxy groups -OCH3 is 1. The molecule has 4 heterocycles. The summed E-state index contributed by atoms with van der Waals surface area (Å²) in [4.78, 5) is 38.3. The molecule has 1 N–H and O–H groups in total. The minimum Gasteiger partial charge on any atom is -0.481 e. The molecule has 2 saturated heterocycles. The van der Waals surface area contributed by atoms with Crippen molar-refractivity contribution < 1.29 is 45.2 Å². The number of halogens is 3. The van der Waals surface area contributed by atoms with Crippen LogP contribution in [0, 0.1) is 5.41 Å². The van der Waals surface area contributed by atoms with Gasteiger partial charge in [-0.3, -0.25) is 14.3 Å². The zero-order valence-electron chi connectivity index (χ0n) is 21.3. The minimum absolute atomic E-state index is 0.100. The summed E-state index contributed by atoms with van der Waals surface area (Å²) in [5.41, 5.74) is -4.35. The van der Waals surface area contributed by atoms with E-state index in [4.69, 9.17) is 22.4 Å². The van der Waals surface area contributed by atoms with E-state index >= 15 is 0 Å². The first-order valence-electron chi connectivity index (χ1n) is 11.6. The lowest BCUT2D eigenvalue weighted by molar-refractivity contribution is -0.128. The first kappa shape index (κ1) is 29.4. The fraction of sp³-hybridized carbons (Fsp3) is 0.565. The molecule has 0 aliphatic carbocycles. The van der Waals surface area contributed by atoms with Gasteiger partial charge in [0.15, 0.2) is 0 Å². The molecule has 4 rings (SSSR count). The van der Waals surface area contributed by atoms with Crippen LogP contribution >= 0.6 is 0 Å². The number of rotatable bonds is 2. The van der Waals surface area contributed by atoms with Crippen LogP contribution in [0.4, 0.5) is 23.7 Å². The monoisotopic (exact) mass is 562 g/mol. The lowest BCUT2D eigenvalue weighted by atomic mass is 9.77. The fourth-order valence-electron chi connectivity index (χ4n) is 4.28. The Hall–Kier alpha value is -3.20. The van der Waals surface area contributed by atoms with Crippen molar-refractivity contribution in [2.45, 2.75) is 51.1 Å². The van der Waals surface area contributed by atoms with E-state index in [1.807, 2.05) is 37.8 Å². The van der Waals surface area contributed by atoms with Gasteiger partial charge in [-0.1, -0.05) is 0 Å². The number of alkyl halides is 3. The predicted molar refractivity (Wildman–Crippen MR) is 130 cm³/mol. The smallest absolute Gasteiger partial charge is 0.481 e. The van der Waals surface area contributed by atoms with Gasteiger partial charge in [0.05, 0.1) is 23.7 Å². The number of nitrogens with zero attached hydrogens (tertiary/aromatic N) is 4. The number of piperidine rings is 1. The molecule has 38 heavy (non-hydrogen) atoms. The second-order valence-corrected chi connectivity index (χ2v) is 11.3. The molecule has 11 nitrogen and oxygen atoms in total. The summed E-state index contributed by atoms with van der Waals surface area (Å²) in [5.74, 6) is 0.590. The number of hydrogen-bond acceptors (Lipinski definition) is 8. The molecule has 210 valence electrons. The average Bonchev–Trinajstić information content (AvgIpc) is 3.12. The van der Waals surface area contributed by atoms with Crippen LogP contribution in [0.5, 0.6) is 5.88 Å². The molecule has 2 aromatic rings. The summed E-state index contributed by atoms with van der Waals surface area (Å²) in [6.07, 6.45) is 3.44. The standard InChI is InChI=1S/C22H28N4O4.CHF3O3S/c1-21(2,3)30-20(28)25-12-8-22(9-13-25)10-14-26(19(22)27)16-7-11-23-15-5-6-17(29-4)24-18(15)16;2-1(3,4)8(5,6)7/h5-7,11H,8-10,12-14H2,1-4H3;(H,5,6,7). The van der Waals surface area contributed by atoms with Crippen molar-refractivity contribution in [3.63, 3.8) is 0 Å². The summed E-state index contributed by atoms with van der Waals surface area (Å²) < 4.78 is 68.3. The molecular weight excluding hydrogens is 533 g/mol. The minimum atomic E-state index is -5.84. The molecule has 1 spiro atoms. The highest BCUT2D eigenvalue weighted by Gasteiger charge is 2.49. The molecule has 2 aliphatic rings. The van der Waals surface area contributed by atoms with Crippen LogP contribution in [0.25, 0.3) is 11.0 Å². The van der Waals surface area contributed by atoms with E-state index in [1.165, 1.54) is 0 Å². The summed E-state index contributed by atoms with van der Waals surface area (Å²) in [7, 11) is -4.27. The zero-order valence-corrected chi connectivity index (χ0v) is 22.1. The number of carbonyl (C=O) groups is 2. The van der Waals surface area contributed by atoms with Gasteiger partial charge in [0.25, 0.3) is 0 Å². The van der Waals surface area contributed by atoms with Crippen LogP contribution in [0.2, 0.25) is 0 Å². The molecule has 0 bridgehead atoms. The fourth-order valence-corrected chi connectivity index (χ4v) is 4.28. The van der Waals surface area contributed by atoms with Gasteiger partial charge in [-0.15, -0.1) is 0 Å². The third-order valence-electron chi connectivity index (χ3n) is 6.21. The average molecular weight is 563 g/mol. The highest BCUT2D eigenvalue weighted by molar-refractivity contribution is 7.86. The van der Waals surface area contributed by atoms with E-state index in [2.05, 4.69) is 9.97 Å². The summed E-state index contributed by atoms with van der Waals surface area (Å²) in [5, 5.41) is 0. The molecule has 0 atom stereocenters. The van der Waals surface area contributed by atoms with Gasteiger partial charge in [-0.2, -0.15) is 21.6 Å². The number of pyridine rings is 2. The first-order chi connectivity index (χ1) is 17.5. The van der Waals surface area contributed by atoms with E-state index in [0.717, 1.165) is 17.6 Å². The van der Waals surface area contributed by atoms with Crippen LogP contribution in [0.3, 0.4) is 0 Å². The van der Waals surface area contributed by atoms with E-state index in [1.54, 1.807) is 24.3 Å². The van der Waals surface area contributed by atoms with Gasteiger partial charge in [0, 0.05) is 31.9 Å². The predicted octanol–water partition coefficient (Wildman–Crippen LogP) is 3.79. The van der Waals surface area contributed by atoms with Gasteiger partial charge in [0.2, 0.25) is 11.8 Å². The molecule has 15 heteroatoms. The number of amides is 2. The molecule has 2 aliphatic heterocycles. The van der Waals surface area contributed by atoms with Crippen molar-refractivity contribution in [3.8, 4) is 5.88 Å². The van der Waals surface area contributed by atoms with Crippen molar-refractivity contribution in [2.75, 3.05) is 31.6 Å². The van der Waals surface area contributed by atoms with E-state index < -0.39 is 26.6 Å². The lowest BCUT2D eigenvalue weighted by Crippen LogP contribution is -2.48. The summed E-state index contributed by atoms with van der Waals surface area (Å²) >= 11 is 0. The normalized spacial score (nSPS) is 17.8. The number of anilines is 1. The van der Waals surface area contributed by atoms with Crippen molar-refractivity contribution in [2.24, 2.45) is 5.41 Å². The van der Waals surface area contributed by atoms with E-state index in [9.17, 15) is 22.8 Å². The Balaban J connectivity index is 0.000000436. The quantitative estimate of drug-likeness (QED) is 0.428. The molecule has 0 radical (unpaired) electrons. The molecule has 0 unspecified atom stereocenters. The van der Waals surface area contributed by atoms with Gasteiger partial charge < -0.3 is 19.3 Å². The van der Waals surface area contributed by atoms with Crippen LogP contribution in [0.15, 0.2) is 24.4 Å². The molecule has 2 fully saturated rings.